The molecule has 0 unspecified atom stereocenters. The predicted molar refractivity (Wildman–Crippen MR) is 118 cm³/mol. The van der Waals surface area contributed by atoms with E-state index in [9.17, 15) is 9.59 Å². The summed E-state index contributed by atoms with van der Waals surface area (Å²) in [5.41, 5.74) is 7.80. The number of hydrogen-bond donors (Lipinski definition) is 3. The van der Waals surface area contributed by atoms with Crippen LogP contribution >= 0.6 is 11.3 Å². The molecule has 2 aromatic heterocycles. The van der Waals surface area contributed by atoms with Gasteiger partial charge in [0.15, 0.2) is 0 Å². The molecule has 0 aromatic carbocycles. The molecule has 7 nitrogen and oxygen atoms in total. The van der Waals surface area contributed by atoms with Crippen LogP contribution in [0, 0.1) is 18.8 Å². The van der Waals surface area contributed by atoms with Crippen LogP contribution in [0.3, 0.4) is 0 Å². The first-order valence-electron chi connectivity index (χ1n) is 9.91. The molecule has 2 amide bonds. The van der Waals surface area contributed by atoms with Crippen molar-refractivity contribution in [2.24, 2.45) is 17.6 Å². The van der Waals surface area contributed by atoms with Gasteiger partial charge in [-0.25, -0.2) is 4.98 Å². The Balaban J connectivity index is 2.06. The highest BCUT2D eigenvalue weighted by Gasteiger charge is 2.25. The molecule has 0 saturated carbocycles. The third kappa shape index (κ3) is 7.21. The predicted octanol–water partition coefficient (Wildman–Crippen LogP) is 3.36. The number of pyridine rings is 1. The molecule has 0 bridgehead atoms. The van der Waals surface area contributed by atoms with E-state index < -0.39 is 12.1 Å². The van der Waals surface area contributed by atoms with Crippen molar-refractivity contribution >= 4 is 29.0 Å². The van der Waals surface area contributed by atoms with Gasteiger partial charge in [-0.1, -0.05) is 27.7 Å². The zero-order chi connectivity index (χ0) is 21.6. The number of hydrogen-bond acceptors (Lipinski definition) is 6. The SMILES string of the molecule is Cc1ccc(-c2nc(NC(=O)[C@H](CC(C)C)NC(=O)[C@@H](N)CC(C)C)cs2)cn1. The lowest BCUT2D eigenvalue weighted by atomic mass is 10.0. The Morgan fingerprint density at radius 1 is 1.10 bits per heavy atom. The van der Waals surface area contributed by atoms with Crippen LogP contribution in [-0.4, -0.2) is 33.9 Å². The molecule has 0 aliphatic carbocycles. The highest BCUT2D eigenvalue weighted by Crippen LogP contribution is 2.25. The Morgan fingerprint density at radius 2 is 1.79 bits per heavy atom. The number of nitrogens with two attached hydrogens (primary N) is 1. The fourth-order valence-corrected chi connectivity index (χ4v) is 3.61. The second-order valence-electron chi connectivity index (χ2n) is 8.14. The summed E-state index contributed by atoms with van der Waals surface area (Å²) in [5.74, 6) is 0.409. The van der Waals surface area contributed by atoms with Gasteiger partial charge in [0.1, 0.15) is 16.9 Å². The van der Waals surface area contributed by atoms with Gasteiger partial charge in [0.2, 0.25) is 11.8 Å². The number of thiazole rings is 1. The number of carbonyl (C=O) groups is 2. The van der Waals surface area contributed by atoms with Crippen LogP contribution in [0.1, 0.15) is 46.2 Å². The van der Waals surface area contributed by atoms with Gasteiger partial charge >= 0.3 is 0 Å². The molecule has 0 fully saturated rings. The number of rotatable bonds is 9. The highest BCUT2D eigenvalue weighted by molar-refractivity contribution is 7.13. The highest BCUT2D eigenvalue weighted by atomic mass is 32.1. The Labute approximate surface area is 176 Å². The second-order valence-corrected chi connectivity index (χ2v) is 9.00. The van der Waals surface area contributed by atoms with E-state index in [0.29, 0.717) is 24.6 Å². The van der Waals surface area contributed by atoms with Gasteiger partial charge in [0.25, 0.3) is 0 Å². The second kappa shape index (κ2) is 10.5. The summed E-state index contributed by atoms with van der Waals surface area (Å²) >= 11 is 1.43. The summed E-state index contributed by atoms with van der Waals surface area (Å²) in [6, 6.07) is 2.58. The molecular weight excluding hydrogens is 386 g/mol. The Kier molecular flexibility index (Phi) is 8.28. The van der Waals surface area contributed by atoms with Crippen LogP contribution in [0.25, 0.3) is 10.6 Å². The first-order valence-corrected chi connectivity index (χ1v) is 10.8. The van der Waals surface area contributed by atoms with E-state index in [1.54, 1.807) is 11.6 Å². The molecule has 2 atom stereocenters. The third-order valence-electron chi connectivity index (χ3n) is 4.32. The number of nitrogens with one attached hydrogen (secondary N) is 2. The van der Waals surface area contributed by atoms with Crippen molar-refractivity contribution in [2.75, 3.05) is 5.32 Å². The molecule has 0 radical (unpaired) electrons. The molecule has 2 heterocycles. The minimum absolute atomic E-state index is 0.233. The van der Waals surface area contributed by atoms with Crippen molar-refractivity contribution in [1.82, 2.24) is 15.3 Å². The van der Waals surface area contributed by atoms with Gasteiger partial charge in [0, 0.05) is 22.8 Å². The standard InChI is InChI=1S/C21H31N5O2S/c1-12(2)8-16(22)19(27)24-17(9-13(3)4)20(28)25-18-11-29-21(26-18)15-7-6-14(5)23-10-15/h6-7,10-13,16-17H,8-9,22H2,1-5H3,(H,24,27)(H,25,28)/t16-,17-/m0/s1. The zero-order valence-corrected chi connectivity index (χ0v) is 18.5. The van der Waals surface area contributed by atoms with E-state index in [1.165, 1.54) is 11.3 Å². The molecule has 0 saturated heterocycles. The molecule has 0 aliphatic heterocycles. The minimum Gasteiger partial charge on any atom is -0.343 e. The average molecular weight is 418 g/mol. The molecular formula is C21H31N5O2S. The zero-order valence-electron chi connectivity index (χ0n) is 17.7. The van der Waals surface area contributed by atoms with E-state index in [2.05, 4.69) is 20.6 Å². The molecule has 0 spiro atoms. The van der Waals surface area contributed by atoms with Crippen LogP contribution < -0.4 is 16.4 Å². The molecule has 4 N–H and O–H groups in total. The Bertz CT molecular complexity index is 817. The van der Waals surface area contributed by atoms with Crippen molar-refractivity contribution < 1.29 is 9.59 Å². The number of nitrogens with zero attached hydrogens (tertiary/aromatic N) is 2. The molecule has 158 valence electrons. The maximum atomic E-state index is 12.8. The van der Waals surface area contributed by atoms with E-state index in [4.69, 9.17) is 5.73 Å². The van der Waals surface area contributed by atoms with E-state index in [0.717, 1.165) is 16.3 Å². The van der Waals surface area contributed by atoms with E-state index in [1.807, 2.05) is 46.8 Å². The maximum absolute atomic E-state index is 12.8. The lowest BCUT2D eigenvalue weighted by molar-refractivity contribution is -0.127. The fraction of sp³-hybridized carbons (Fsp3) is 0.524. The summed E-state index contributed by atoms with van der Waals surface area (Å²) < 4.78 is 0. The topological polar surface area (TPSA) is 110 Å². The van der Waals surface area contributed by atoms with Gasteiger partial charge in [-0.2, -0.15) is 0 Å². The van der Waals surface area contributed by atoms with Crippen molar-refractivity contribution in [3.63, 3.8) is 0 Å². The molecule has 8 heteroatoms. The Hall–Kier alpha value is -2.32. The summed E-state index contributed by atoms with van der Waals surface area (Å²) in [4.78, 5) is 34.0. The lowest BCUT2D eigenvalue weighted by Gasteiger charge is -2.22. The Morgan fingerprint density at radius 3 is 2.38 bits per heavy atom. The van der Waals surface area contributed by atoms with Crippen LogP contribution in [-0.2, 0) is 9.59 Å². The number of aromatic nitrogens is 2. The molecule has 29 heavy (non-hydrogen) atoms. The summed E-state index contributed by atoms with van der Waals surface area (Å²) in [6.07, 6.45) is 2.85. The molecule has 2 aromatic rings. The van der Waals surface area contributed by atoms with Crippen LogP contribution in [0.2, 0.25) is 0 Å². The van der Waals surface area contributed by atoms with Gasteiger partial charge in [-0.15, -0.1) is 11.3 Å². The van der Waals surface area contributed by atoms with E-state index in [-0.39, 0.29) is 17.7 Å². The van der Waals surface area contributed by atoms with Crippen molar-refractivity contribution in [3.05, 3.63) is 29.4 Å². The molecule has 2 rings (SSSR count). The normalized spacial score (nSPS) is 13.4. The summed E-state index contributed by atoms with van der Waals surface area (Å²) in [7, 11) is 0. The first-order chi connectivity index (χ1) is 13.7. The number of aryl methyl sites for hydroxylation is 1. The van der Waals surface area contributed by atoms with Crippen LogP contribution in [0.4, 0.5) is 5.82 Å². The van der Waals surface area contributed by atoms with Crippen molar-refractivity contribution in [2.45, 2.75) is 59.5 Å². The minimum atomic E-state index is -0.660. The largest absolute Gasteiger partial charge is 0.343 e. The maximum Gasteiger partial charge on any atom is 0.248 e. The van der Waals surface area contributed by atoms with Crippen LogP contribution in [0.15, 0.2) is 23.7 Å². The fourth-order valence-electron chi connectivity index (χ4n) is 2.87. The number of amides is 2. The quantitative estimate of drug-likeness (QED) is 0.579. The lowest BCUT2D eigenvalue weighted by Crippen LogP contribution is -2.50. The third-order valence-corrected chi connectivity index (χ3v) is 5.21. The average Bonchev–Trinajstić information content (AvgIpc) is 3.09. The van der Waals surface area contributed by atoms with Gasteiger partial charge < -0.3 is 16.4 Å². The van der Waals surface area contributed by atoms with Gasteiger partial charge in [0.05, 0.1) is 6.04 Å². The number of carbonyl (C=O) groups excluding carboxylic acids is 2. The van der Waals surface area contributed by atoms with Crippen molar-refractivity contribution in [1.29, 1.82) is 0 Å². The summed E-state index contributed by atoms with van der Waals surface area (Å²) in [5, 5.41) is 8.18. The number of anilines is 1. The van der Waals surface area contributed by atoms with Gasteiger partial charge in [-0.3, -0.25) is 14.6 Å². The monoisotopic (exact) mass is 417 g/mol. The summed E-state index contributed by atoms with van der Waals surface area (Å²) in [6.45, 7) is 9.95. The molecule has 0 aliphatic rings. The van der Waals surface area contributed by atoms with E-state index >= 15 is 0 Å². The van der Waals surface area contributed by atoms with Crippen LogP contribution in [0.5, 0.6) is 0 Å². The van der Waals surface area contributed by atoms with Crippen molar-refractivity contribution in [3.8, 4) is 10.6 Å². The van der Waals surface area contributed by atoms with Gasteiger partial charge in [-0.05, 0) is 43.7 Å². The smallest absolute Gasteiger partial charge is 0.248 e. The first kappa shape index (κ1) is 23.0.